The summed E-state index contributed by atoms with van der Waals surface area (Å²) in [5, 5.41) is 12.0. The normalized spacial score (nSPS) is 17.0. The van der Waals surface area contributed by atoms with Crippen molar-refractivity contribution in [2.24, 2.45) is 4.99 Å². The summed E-state index contributed by atoms with van der Waals surface area (Å²) < 4.78 is 8.96. The highest BCUT2D eigenvalue weighted by Crippen LogP contribution is 2.17. The van der Waals surface area contributed by atoms with Crippen molar-refractivity contribution < 1.29 is 9.53 Å². The zero-order valence-corrected chi connectivity index (χ0v) is 19.2. The van der Waals surface area contributed by atoms with Gasteiger partial charge in [-0.25, -0.2) is 4.98 Å². The number of fused-ring (bicyclic) bond motifs is 2. The van der Waals surface area contributed by atoms with Gasteiger partial charge in [-0.05, 0) is 49.1 Å². The second-order valence-corrected chi connectivity index (χ2v) is 8.40. The van der Waals surface area contributed by atoms with Gasteiger partial charge in [0.2, 0.25) is 0 Å². The van der Waals surface area contributed by atoms with E-state index in [1.165, 1.54) is 28.3 Å². The second kappa shape index (κ2) is 9.98. The quantitative estimate of drug-likeness (QED) is 0.329. The number of aryl methyl sites for hydroxylation is 1. The molecule has 1 unspecified atom stereocenters. The van der Waals surface area contributed by atoms with Gasteiger partial charge in [0, 0.05) is 18.9 Å². The monoisotopic (exact) mass is 461 g/mol. The molecule has 1 amide bonds. The highest BCUT2D eigenvalue weighted by molar-refractivity contribution is 8.01. The number of hydrogen-bond donors (Lipinski definition) is 0. The number of allylic oxidation sites excluding steroid dienone is 2. The molecule has 3 aromatic rings. The van der Waals surface area contributed by atoms with Crippen LogP contribution in [0.2, 0.25) is 0 Å². The van der Waals surface area contributed by atoms with Crippen LogP contribution in [-0.2, 0) is 16.1 Å². The Bertz CT molecular complexity index is 1450. The van der Waals surface area contributed by atoms with Crippen molar-refractivity contribution >= 4 is 34.3 Å². The predicted octanol–water partition coefficient (Wildman–Crippen LogP) is 2.87. The summed E-state index contributed by atoms with van der Waals surface area (Å²) >= 11 is 1.51. The molecule has 1 aliphatic heterocycles. The molecule has 1 saturated heterocycles. The molecule has 8 nitrogen and oxygen atoms in total. The van der Waals surface area contributed by atoms with E-state index in [2.05, 4.69) is 11.1 Å². The maximum Gasteiger partial charge on any atom is 0.271 e. The lowest BCUT2D eigenvalue weighted by Gasteiger charge is -2.17. The van der Waals surface area contributed by atoms with Crippen LogP contribution in [0.5, 0.6) is 0 Å². The minimum atomic E-state index is -0.508. The number of amides is 1. The predicted molar refractivity (Wildman–Crippen MR) is 128 cm³/mol. The number of nitrogens with zero attached hydrogens (tertiary/aromatic N) is 5. The molecular formula is C24H23N5O3S. The van der Waals surface area contributed by atoms with Crippen LogP contribution in [-0.4, -0.2) is 38.8 Å². The van der Waals surface area contributed by atoms with Crippen LogP contribution in [0.25, 0.3) is 16.7 Å². The number of aromatic nitrogens is 3. The SMILES string of the molecule is CS/C=C\C=C\C(=O)N=c1c(C#N)cc2c(=O)n3cccc(C)c3nc2n1CC1CCCO1. The smallest absolute Gasteiger partial charge is 0.271 e. The van der Waals surface area contributed by atoms with Crippen molar-refractivity contribution in [2.75, 3.05) is 12.9 Å². The fourth-order valence-corrected chi connectivity index (χ4v) is 4.11. The highest BCUT2D eigenvalue weighted by atomic mass is 32.2. The number of carbonyl (C=O) groups is 1. The van der Waals surface area contributed by atoms with Gasteiger partial charge in [0.1, 0.15) is 17.4 Å². The van der Waals surface area contributed by atoms with Crippen LogP contribution in [0, 0.1) is 18.3 Å². The van der Waals surface area contributed by atoms with Gasteiger partial charge in [-0.3, -0.25) is 14.0 Å². The molecular weight excluding hydrogens is 438 g/mol. The van der Waals surface area contributed by atoms with Gasteiger partial charge >= 0.3 is 0 Å². The van der Waals surface area contributed by atoms with E-state index in [0.29, 0.717) is 24.4 Å². The van der Waals surface area contributed by atoms with E-state index in [1.807, 2.05) is 24.7 Å². The molecule has 3 aromatic heterocycles. The Balaban J connectivity index is 2.02. The molecule has 4 rings (SSSR count). The second-order valence-electron chi connectivity index (χ2n) is 7.65. The molecule has 0 radical (unpaired) electrons. The molecule has 4 heterocycles. The van der Waals surface area contributed by atoms with Crippen LogP contribution >= 0.6 is 11.8 Å². The molecule has 0 aromatic carbocycles. The van der Waals surface area contributed by atoms with Crippen molar-refractivity contribution in [3.63, 3.8) is 0 Å². The molecule has 1 atom stereocenters. The van der Waals surface area contributed by atoms with Crippen molar-refractivity contribution in [3.8, 4) is 6.07 Å². The van der Waals surface area contributed by atoms with Crippen molar-refractivity contribution in [1.29, 1.82) is 5.26 Å². The van der Waals surface area contributed by atoms with E-state index in [1.54, 1.807) is 29.0 Å². The lowest BCUT2D eigenvalue weighted by atomic mass is 10.2. The van der Waals surface area contributed by atoms with E-state index in [-0.39, 0.29) is 28.1 Å². The average molecular weight is 462 g/mol. The van der Waals surface area contributed by atoms with Crippen molar-refractivity contribution in [1.82, 2.24) is 14.0 Å². The molecule has 0 N–H and O–H groups in total. The first-order valence-corrected chi connectivity index (χ1v) is 11.8. The van der Waals surface area contributed by atoms with Crippen LogP contribution in [0.1, 0.15) is 24.0 Å². The number of pyridine rings is 2. The third-order valence-corrected chi connectivity index (χ3v) is 5.85. The molecule has 33 heavy (non-hydrogen) atoms. The zero-order valence-electron chi connectivity index (χ0n) is 18.4. The molecule has 0 aliphatic carbocycles. The Labute approximate surface area is 194 Å². The molecule has 1 fully saturated rings. The third-order valence-electron chi connectivity index (χ3n) is 5.42. The minimum absolute atomic E-state index is 0.117. The van der Waals surface area contributed by atoms with Gasteiger partial charge in [-0.15, -0.1) is 11.8 Å². The van der Waals surface area contributed by atoms with E-state index in [0.717, 1.165) is 18.4 Å². The van der Waals surface area contributed by atoms with Gasteiger partial charge in [-0.1, -0.05) is 18.2 Å². The maximum absolute atomic E-state index is 13.3. The molecule has 0 spiro atoms. The van der Waals surface area contributed by atoms with Crippen LogP contribution in [0.4, 0.5) is 0 Å². The number of thioether (sulfide) groups is 1. The van der Waals surface area contributed by atoms with Gasteiger partial charge in [0.25, 0.3) is 11.5 Å². The van der Waals surface area contributed by atoms with Crippen LogP contribution in [0.3, 0.4) is 0 Å². The fourth-order valence-electron chi connectivity index (χ4n) is 3.86. The third kappa shape index (κ3) is 4.67. The first kappa shape index (κ1) is 22.7. The summed E-state index contributed by atoms with van der Waals surface area (Å²) in [6, 6.07) is 7.22. The fraction of sp³-hybridized carbons (Fsp3) is 0.292. The molecule has 168 valence electrons. The summed E-state index contributed by atoms with van der Waals surface area (Å²) in [6.07, 6.45) is 9.89. The summed E-state index contributed by atoms with van der Waals surface area (Å²) in [7, 11) is 0. The van der Waals surface area contributed by atoms with Gasteiger partial charge in [0.15, 0.2) is 5.49 Å². The van der Waals surface area contributed by atoms with E-state index in [4.69, 9.17) is 9.72 Å². The van der Waals surface area contributed by atoms with Crippen molar-refractivity contribution in [2.45, 2.75) is 32.4 Å². The molecule has 9 heteroatoms. The van der Waals surface area contributed by atoms with Crippen LogP contribution in [0.15, 0.2) is 57.8 Å². The Morgan fingerprint density at radius 3 is 3.00 bits per heavy atom. The Hall–Kier alpha value is -3.48. The average Bonchev–Trinajstić information content (AvgIpc) is 3.32. The number of nitriles is 1. The zero-order chi connectivity index (χ0) is 23.4. The summed E-state index contributed by atoms with van der Waals surface area (Å²) in [5.41, 5.74) is 1.75. The van der Waals surface area contributed by atoms with Gasteiger partial charge in [-0.2, -0.15) is 10.3 Å². The maximum atomic E-state index is 13.3. The number of carbonyl (C=O) groups excluding carboxylic acids is 1. The van der Waals surface area contributed by atoms with E-state index in [9.17, 15) is 14.9 Å². The topological polar surface area (TPSA) is 102 Å². The van der Waals surface area contributed by atoms with Gasteiger partial charge in [0.05, 0.1) is 23.6 Å². The van der Waals surface area contributed by atoms with Crippen molar-refractivity contribution in [3.05, 3.63) is 75.0 Å². The number of ether oxygens (including phenoxy) is 1. The summed E-state index contributed by atoms with van der Waals surface area (Å²) in [5.74, 6) is -0.508. The van der Waals surface area contributed by atoms with Crippen LogP contribution < -0.4 is 11.0 Å². The Morgan fingerprint density at radius 1 is 1.42 bits per heavy atom. The summed E-state index contributed by atoms with van der Waals surface area (Å²) in [4.78, 5) is 34.8. The molecule has 0 saturated carbocycles. The first-order chi connectivity index (χ1) is 16.0. The molecule has 1 aliphatic rings. The number of hydrogen-bond acceptors (Lipinski definition) is 6. The van der Waals surface area contributed by atoms with Gasteiger partial charge < -0.3 is 9.30 Å². The van der Waals surface area contributed by atoms with E-state index >= 15 is 0 Å². The Kier molecular flexibility index (Phi) is 6.87. The lowest BCUT2D eigenvalue weighted by Crippen LogP contribution is -2.32. The highest BCUT2D eigenvalue weighted by Gasteiger charge is 2.21. The lowest BCUT2D eigenvalue weighted by molar-refractivity contribution is -0.113. The first-order valence-electron chi connectivity index (χ1n) is 10.6. The number of rotatable bonds is 5. The standard InChI is InChI=1S/C24H23N5O3S/c1-16-7-5-10-28-21(16)27-23-19(24(28)31)13-17(14-25)22(26-20(30)9-3-4-12-33-2)29(23)15-18-8-6-11-32-18/h3-5,7,9-10,12-13,18H,6,8,11,15H2,1-2H3/b9-3+,12-4-,26-22?. The Morgan fingerprint density at radius 2 is 2.27 bits per heavy atom. The molecule has 0 bridgehead atoms. The largest absolute Gasteiger partial charge is 0.376 e. The minimum Gasteiger partial charge on any atom is -0.376 e. The van der Waals surface area contributed by atoms with E-state index < -0.39 is 5.91 Å². The summed E-state index contributed by atoms with van der Waals surface area (Å²) in [6.45, 7) is 2.86.